The van der Waals surface area contributed by atoms with E-state index < -0.39 is 30.4 Å². The second-order valence-corrected chi connectivity index (χ2v) is 4.56. The second kappa shape index (κ2) is 5.93. The highest BCUT2D eigenvalue weighted by Gasteiger charge is 2.43. The van der Waals surface area contributed by atoms with Crippen molar-refractivity contribution in [3.63, 3.8) is 0 Å². The summed E-state index contributed by atoms with van der Waals surface area (Å²) in [5.74, 6) is 0. The first kappa shape index (κ1) is 13.7. The van der Waals surface area contributed by atoms with Gasteiger partial charge in [0.05, 0.1) is 38.5 Å². The normalized spacial score (nSPS) is 42.4. The molecule has 18 heavy (non-hydrogen) atoms. The largest absolute Gasteiger partial charge is 0.394 e. The highest BCUT2D eigenvalue weighted by molar-refractivity contribution is 5.01. The molecular weight excluding hydrogens is 240 g/mol. The van der Waals surface area contributed by atoms with Crippen LogP contribution in [-0.2, 0) is 9.47 Å². The fourth-order valence-electron chi connectivity index (χ4n) is 2.44. The molecule has 5 atom stereocenters. The van der Waals surface area contributed by atoms with Crippen molar-refractivity contribution in [2.45, 2.75) is 30.4 Å². The van der Waals surface area contributed by atoms with Gasteiger partial charge in [0.2, 0.25) is 0 Å². The van der Waals surface area contributed by atoms with Gasteiger partial charge >= 0.3 is 0 Å². The number of nitrogens with zero attached hydrogens (tertiary/aromatic N) is 2. The molecule has 1 unspecified atom stereocenters. The molecule has 2 rings (SSSR count). The standard InChI is InChI=1S/C11H18N2O5/c12-3-7-5-17-2-1-13(7)8-6-18-9(4-14)11(16)10(8)15/h7-11,14-16H,1-2,4-6H2/t7?,8-,9+,10+,11+/m0/s1. The van der Waals surface area contributed by atoms with E-state index in [1.807, 2.05) is 0 Å². The van der Waals surface area contributed by atoms with Crippen LogP contribution in [0, 0.1) is 11.3 Å². The van der Waals surface area contributed by atoms with Crippen molar-refractivity contribution in [2.24, 2.45) is 0 Å². The fourth-order valence-corrected chi connectivity index (χ4v) is 2.44. The van der Waals surface area contributed by atoms with Gasteiger partial charge in [-0.1, -0.05) is 0 Å². The lowest BCUT2D eigenvalue weighted by molar-refractivity contribution is -0.191. The molecule has 2 aliphatic heterocycles. The Bertz CT molecular complexity index is 321. The van der Waals surface area contributed by atoms with Crippen LogP contribution in [0.4, 0.5) is 0 Å². The maximum Gasteiger partial charge on any atom is 0.122 e. The molecule has 2 heterocycles. The summed E-state index contributed by atoms with van der Waals surface area (Å²) < 4.78 is 10.5. The van der Waals surface area contributed by atoms with E-state index in [4.69, 9.17) is 19.8 Å². The van der Waals surface area contributed by atoms with Crippen LogP contribution in [-0.4, -0.2) is 83.6 Å². The molecule has 2 saturated heterocycles. The Morgan fingerprint density at radius 1 is 1.28 bits per heavy atom. The van der Waals surface area contributed by atoms with E-state index in [1.165, 1.54) is 0 Å². The number of rotatable bonds is 2. The van der Waals surface area contributed by atoms with Gasteiger partial charge in [0.25, 0.3) is 0 Å². The summed E-state index contributed by atoms with van der Waals surface area (Å²) in [6.45, 7) is 1.14. The molecule has 7 nitrogen and oxygen atoms in total. The summed E-state index contributed by atoms with van der Waals surface area (Å²) in [7, 11) is 0. The number of aliphatic hydroxyl groups is 3. The molecule has 0 saturated carbocycles. The number of aliphatic hydroxyl groups excluding tert-OH is 3. The molecule has 0 aromatic rings. The average molecular weight is 258 g/mol. The predicted molar refractivity (Wildman–Crippen MR) is 59.6 cm³/mol. The number of hydrogen-bond acceptors (Lipinski definition) is 7. The highest BCUT2D eigenvalue weighted by atomic mass is 16.5. The molecule has 102 valence electrons. The zero-order chi connectivity index (χ0) is 13.1. The smallest absolute Gasteiger partial charge is 0.122 e. The molecule has 0 aromatic carbocycles. The summed E-state index contributed by atoms with van der Waals surface area (Å²) >= 11 is 0. The van der Waals surface area contributed by atoms with E-state index in [0.29, 0.717) is 19.8 Å². The summed E-state index contributed by atoms with van der Waals surface area (Å²) in [6, 6.07) is 1.22. The minimum absolute atomic E-state index is 0.182. The number of nitriles is 1. The van der Waals surface area contributed by atoms with Crippen molar-refractivity contribution in [1.82, 2.24) is 4.90 Å². The van der Waals surface area contributed by atoms with E-state index in [2.05, 4.69) is 6.07 Å². The van der Waals surface area contributed by atoms with Crippen molar-refractivity contribution < 1.29 is 24.8 Å². The van der Waals surface area contributed by atoms with E-state index in [1.54, 1.807) is 4.90 Å². The first-order chi connectivity index (χ1) is 8.69. The van der Waals surface area contributed by atoms with Gasteiger partial charge in [-0.25, -0.2) is 0 Å². The number of hydrogen-bond donors (Lipinski definition) is 3. The summed E-state index contributed by atoms with van der Waals surface area (Å²) in [6.07, 6.45) is -2.95. The van der Waals surface area contributed by atoms with Gasteiger partial charge in [0.1, 0.15) is 24.4 Å². The first-order valence-corrected chi connectivity index (χ1v) is 6.00. The average Bonchev–Trinajstić information content (AvgIpc) is 2.42. The van der Waals surface area contributed by atoms with Gasteiger partial charge in [-0.05, 0) is 0 Å². The fraction of sp³-hybridized carbons (Fsp3) is 0.909. The Morgan fingerprint density at radius 3 is 2.72 bits per heavy atom. The van der Waals surface area contributed by atoms with Crippen molar-refractivity contribution in [2.75, 3.05) is 33.0 Å². The predicted octanol–water partition coefficient (Wildman–Crippen LogP) is -2.31. The van der Waals surface area contributed by atoms with Crippen LogP contribution in [0.15, 0.2) is 0 Å². The van der Waals surface area contributed by atoms with Crippen LogP contribution in [0.5, 0.6) is 0 Å². The minimum Gasteiger partial charge on any atom is -0.394 e. The summed E-state index contributed by atoms with van der Waals surface area (Å²) in [5, 5.41) is 37.9. The Hall–Kier alpha value is -0.750. The number of ether oxygens (including phenoxy) is 2. The minimum atomic E-state index is -1.14. The van der Waals surface area contributed by atoms with Gasteiger partial charge in [0, 0.05) is 6.54 Å². The molecule has 0 spiro atoms. The molecule has 0 amide bonds. The van der Waals surface area contributed by atoms with Crippen molar-refractivity contribution in [1.29, 1.82) is 5.26 Å². The van der Waals surface area contributed by atoms with Gasteiger partial charge in [-0.2, -0.15) is 5.26 Å². The zero-order valence-corrected chi connectivity index (χ0v) is 9.97. The first-order valence-electron chi connectivity index (χ1n) is 6.00. The third-order valence-corrected chi connectivity index (χ3v) is 3.53. The molecular formula is C11H18N2O5. The van der Waals surface area contributed by atoms with E-state index in [9.17, 15) is 10.2 Å². The lowest BCUT2D eigenvalue weighted by Crippen LogP contribution is -2.63. The molecule has 7 heteroatoms. The van der Waals surface area contributed by atoms with E-state index >= 15 is 0 Å². The topological polar surface area (TPSA) is 106 Å². The van der Waals surface area contributed by atoms with Gasteiger partial charge in [-0.3, -0.25) is 4.90 Å². The number of morpholine rings is 1. The van der Waals surface area contributed by atoms with Crippen LogP contribution in [0.3, 0.4) is 0 Å². The third-order valence-electron chi connectivity index (χ3n) is 3.53. The molecule has 0 aliphatic carbocycles. The maximum atomic E-state index is 10.1. The van der Waals surface area contributed by atoms with Crippen LogP contribution in [0.2, 0.25) is 0 Å². The summed E-state index contributed by atoms with van der Waals surface area (Å²) in [5.41, 5.74) is 0. The Labute approximate surface area is 105 Å². The van der Waals surface area contributed by atoms with E-state index in [-0.39, 0.29) is 13.2 Å². The van der Waals surface area contributed by atoms with Gasteiger partial charge in [-0.15, -0.1) is 0 Å². The zero-order valence-electron chi connectivity index (χ0n) is 9.97. The van der Waals surface area contributed by atoms with Crippen LogP contribution < -0.4 is 0 Å². The highest BCUT2D eigenvalue weighted by Crippen LogP contribution is 2.22. The van der Waals surface area contributed by atoms with Crippen LogP contribution >= 0.6 is 0 Å². The molecule has 2 aliphatic rings. The van der Waals surface area contributed by atoms with Crippen molar-refractivity contribution in [3.05, 3.63) is 0 Å². The second-order valence-electron chi connectivity index (χ2n) is 4.56. The van der Waals surface area contributed by atoms with Gasteiger partial charge in [0.15, 0.2) is 0 Å². The lowest BCUT2D eigenvalue weighted by atomic mass is 9.96. The van der Waals surface area contributed by atoms with E-state index in [0.717, 1.165) is 0 Å². The molecule has 0 aromatic heterocycles. The molecule has 0 radical (unpaired) electrons. The summed E-state index contributed by atoms with van der Waals surface area (Å²) in [4.78, 5) is 1.80. The Kier molecular flexibility index (Phi) is 4.50. The molecule has 3 N–H and O–H groups in total. The van der Waals surface area contributed by atoms with Crippen molar-refractivity contribution >= 4 is 0 Å². The Morgan fingerprint density at radius 2 is 2.06 bits per heavy atom. The third kappa shape index (κ3) is 2.49. The maximum absolute atomic E-state index is 10.1. The van der Waals surface area contributed by atoms with Crippen LogP contribution in [0.1, 0.15) is 0 Å². The molecule has 2 fully saturated rings. The molecule has 0 bridgehead atoms. The SMILES string of the molecule is N#CC1COCCN1[C@H]1CO[C@H](CO)[C@@H](O)[C@@H]1O. The van der Waals surface area contributed by atoms with Crippen molar-refractivity contribution in [3.8, 4) is 6.07 Å². The Balaban J connectivity index is 2.06. The van der Waals surface area contributed by atoms with Crippen LogP contribution in [0.25, 0.3) is 0 Å². The lowest BCUT2D eigenvalue weighted by Gasteiger charge is -2.45. The monoisotopic (exact) mass is 258 g/mol. The quantitative estimate of drug-likeness (QED) is 0.511. The van der Waals surface area contributed by atoms with Gasteiger partial charge < -0.3 is 24.8 Å².